The quantitative estimate of drug-likeness (QED) is 0.161. The van der Waals surface area contributed by atoms with Crippen molar-refractivity contribution in [3.8, 4) is 0 Å². The van der Waals surface area contributed by atoms with Gasteiger partial charge in [-0.3, -0.25) is 0 Å². The Hall–Kier alpha value is -0.260. The molecule has 0 bridgehead atoms. The maximum absolute atomic E-state index is 3.92. The monoisotopic (exact) mass is 348 g/mol. The molecule has 0 rings (SSSR count). The molecule has 0 N–H and O–H groups in total. The summed E-state index contributed by atoms with van der Waals surface area (Å²) < 4.78 is 0. The fraction of sp³-hybridized carbons (Fsp3) is 0.840. The summed E-state index contributed by atoms with van der Waals surface area (Å²) in [5.74, 6) is 1.83. The zero-order chi connectivity index (χ0) is 18.6. The van der Waals surface area contributed by atoms with E-state index in [1.807, 2.05) is 0 Å². The number of hydrogen-bond acceptors (Lipinski definition) is 0. The highest BCUT2D eigenvalue weighted by Gasteiger charge is 2.12. The number of hydrogen-bond donors (Lipinski definition) is 0. The summed E-state index contributed by atoms with van der Waals surface area (Å²) >= 11 is 0. The highest BCUT2D eigenvalue weighted by atomic mass is 14.2. The lowest BCUT2D eigenvalue weighted by atomic mass is 9.85. The van der Waals surface area contributed by atoms with E-state index in [1.54, 1.807) is 0 Å². The lowest BCUT2D eigenvalue weighted by Crippen LogP contribution is -2.08. The van der Waals surface area contributed by atoms with Gasteiger partial charge in [-0.2, -0.15) is 0 Å². The van der Waals surface area contributed by atoms with E-state index in [0.717, 1.165) is 31.1 Å². The molecule has 0 aromatic rings. The molecule has 2 radical (unpaired) electrons. The third-order valence-electron chi connectivity index (χ3n) is 5.50. The highest BCUT2D eigenvalue weighted by Crippen LogP contribution is 2.25. The Morgan fingerprint density at radius 1 is 0.560 bits per heavy atom. The molecule has 0 aromatic carbocycles. The largest absolute Gasteiger partial charge is 0.0885 e. The molecule has 0 aromatic heterocycles. The van der Waals surface area contributed by atoms with Crippen molar-refractivity contribution in [3.05, 3.63) is 26.0 Å². The van der Waals surface area contributed by atoms with Crippen LogP contribution in [0.25, 0.3) is 0 Å². The van der Waals surface area contributed by atoms with Crippen molar-refractivity contribution in [2.75, 3.05) is 0 Å². The molecule has 0 aliphatic carbocycles. The number of rotatable bonds is 19. The van der Waals surface area contributed by atoms with Crippen LogP contribution >= 0.6 is 0 Å². The van der Waals surface area contributed by atoms with Crippen molar-refractivity contribution in [1.82, 2.24) is 0 Å². The lowest BCUT2D eigenvalue weighted by Gasteiger charge is -2.20. The SMILES string of the molecule is [CH2]CC/C=C/CCCCCCCC(CCCCCCCC[CH2])C(C)C. The van der Waals surface area contributed by atoms with E-state index >= 15 is 0 Å². The van der Waals surface area contributed by atoms with Gasteiger partial charge in [0.2, 0.25) is 0 Å². The summed E-state index contributed by atoms with van der Waals surface area (Å²) in [7, 11) is 0. The van der Waals surface area contributed by atoms with Crippen molar-refractivity contribution in [2.24, 2.45) is 11.8 Å². The fourth-order valence-electron chi connectivity index (χ4n) is 3.65. The normalized spacial score (nSPS) is 13.2. The van der Waals surface area contributed by atoms with E-state index in [4.69, 9.17) is 0 Å². The molecule has 0 aliphatic rings. The molecule has 0 spiro atoms. The summed E-state index contributed by atoms with van der Waals surface area (Å²) in [4.78, 5) is 0. The maximum Gasteiger partial charge on any atom is -0.0351 e. The van der Waals surface area contributed by atoms with E-state index in [9.17, 15) is 0 Å². The molecule has 0 saturated carbocycles. The Morgan fingerprint density at radius 3 is 1.56 bits per heavy atom. The van der Waals surface area contributed by atoms with Crippen LogP contribution in [-0.4, -0.2) is 0 Å². The van der Waals surface area contributed by atoms with Gasteiger partial charge in [-0.05, 0) is 37.5 Å². The van der Waals surface area contributed by atoms with Crippen LogP contribution in [0.1, 0.15) is 123 Å². The molecule has 0 amide bonds. The molecule has 148 valence electrons. The van der Waals surface area contributed by atoms with Crippen LogP contribution < -0.4 is 0 Å². The topological polar surface area (TPSA) is 0 Å². The van der Waals surface area contributed by atoms with Crippen molar-refractivity contribution in [3.63, 3.8) is 0 Å². The molecule has 1 unspecified atom stereocenters. The molecule has 0 fully saturated rings. The van der Waals surface area contributed by atoms with Gasteiger partial charge >= 0.3 is 0 Å². The van der Waals surface area contributed by atoms with E-state index in [0.29, 0.717) is 0 Å². The predicted octanol–water partition coefficient (Wildman–Crippen LogP) is 9.11. The Kier molecular flexibility index (Phi) is 19.8. The Bertz CT molecular complexity index is 263. The van der Waals surface area contributed by atoms with Gasteiger partial charge in [-0.1, -0.05) is 123 Å². The van der Waals surface area contributed by atoms with E-state index < -0.39 is 0 Å². The maximum atomic E-state index is 3.92. The van der Waals surface area contributed by atoms with Gasteiger partial charge < -0.3 is 0 Å². The molecule has 25 heavy (non-hydrogen) atoms. The Balaban J connectivity index is 3.50. The van der Waals surface area contributed by atoms with Gasteiger partial charge in [0.25, 0.3) is 0 Å². The first-order chi connectivity index (χ1) is 12.2. The zero-order valence-electron chi connectivity index (χ0n) is 17.7. The van der Waals surface area contributed by atoms with Crippen LogP contribution in [0, 0.1) is 25.7 Å². The minimum absolute atomic E-state index is 0.865. The number of allylic oxidation sites excluding steroid dienone is 2. The van der Waals surface area contributed by atoms with Gasteiger partial charge in [0.05, 0.1) is 0 Å². The third-order valence-corrected chi connectivity index (χ3v) is 5.50. The molecule has 1 atom stereocenters. The minimum atomic E-state index is 0.865. The van der Waals surface area contributed by atoms with Crippen LogP contribution in [0.15, 0.2) is 12.2 Å². The van der Waals surface area contributed by atoms with Crippen molar-refractivity contribution in [1.29, 1.82) is 0 Å². The third kappa shape index (κ3) is 18.3. The second-order valence-electron chi connectivity index (χ2n) is 8.23. The van der Waals surface area contributed by atoms with Gasteiger partial charge in [0, 0.05) is 0 Å². The summed E-state index contributed by atoms with van der Waals surface area (Å²) in [6.45, 7) is 12.6. The summed E-state index contributed by atoms with van der Waals surface area (Å²) in [5.41, 5.74) is 0. The van der Waals surface area contributed by atoms with E-state index in [2.05, 4.69) is 39.8 Å². The minimum Gasteiger partial charge on any atom is -0.0885 e. The van der Waals surface area contributed by atoms with Gasteiger partial charge in [-0.15, -0.1) is 0 Å². The first kappa shape index (κ1) is 24.7. The van der Waals surface area contributed by atoms with Crippen LogP contribution in [0.3, 0.4) is 0 Å². The van der Waals surface area contributed by atoms with Crippen LogP contribution in [0.5, 0.6) is 0 Å². The Labute approximate surface area is 161 Å². The zero-order valence-corrected chi connectivity index (χ0v) is 17.7. The standard InChI is InChI=1S/C25H48/c1-5-7-9-11-13-14-15-17-19-21-23-25(24(3)4)22-20-18-16-12-10-8-6-2/h9,11,24-25H,1-2,5-8,10,12-23H2,3-4H3/b11-9+. The molecule has 0 aliphatic heterocycles. The first-order valence-corrected chi connectivity index (χ1v) is 11.5. The van der Waals surface area contributed by atoms with E-state index in [1.165, 1.54) is 89.9 Å². The smallest absolute Gasteiger partial charge is 0.0351 e. The molecule has 0 heteroatoms. The summed E-state index contributed by atoms with van der Waals surface area (Å²) in [6.07, 6.45) is 27.7. The molecule has 0 saturated heterocycles. The first-order valence-electron chi connectivity index (χ1n) is 11.5. The second-order valence-corrected chi connectivity index (χ2v) is 8.23. The highest BCUT2D eigenvalue weighted by molar-refractivity contribution is 4.81. The van der Waals surface area contributed by atoms with E-state index in [-0.39, 0.29) is 0 Å². The second kappa shape index (κ2) is 20.1. The van der Waals surface area contributed by atoms with Crippen LogP contribution in [0.2, 0.25) is 0 Å². The average molecular weight is 349 g/mol. The Morgan fingerprint density at radius 2 is 1.04 bits per heavy atom. The van der Waals surface area contributed by atoms with Crippen molar-refractivity contribution >= 4 is 0 Å². The lowest BCUT2D eigenvalue weighted by molar-refractivity contribution is 0.313. The summed E-state index contributed by atoms with van der Waals surface area (Å²) in [5, 5.41) is 0. The van der Waals surface area contributed by atoms with Gasteiger partial charge in [0.15, 0.2) is 0 Å². The average Bonchev–Trinajstić information content (AvgIpc) is 2.60. The van der Waals surface area contributed by atoms with Crippen molar-refractivity contribution < 1.29 is 0 Å². The summed E-state index contributed by atoms with van der Waals surface area (Å²) in [6, 6.07) is 0. The molecular formula is C25H48. The van der Waals surface area contributed by atoms with Crippen LogP contribution in [0.4, 0.5) is 0 Å². The van der Waals surface area contributed by atoms with Gasteiger partial charge in [0.1, 0.15) is 0 Å². The predicted molar refractivity (Wildman–Crippen MR) is 117 cm³/mol. The fourth-order valence-corrected chi connectivity index (χ4v) is 3.65. The number of unbranched alkanes of at least 4 members (excludes halogenated alkanes) is 12. The van der Waals surface area contributed by atoms with Crippen LogP contribution in [-0.2, 0) is 0 Å². The molecular weight excluding hydrogens is 300 g/mol. The van der Waals surface area contributed by atoms with Crippen molar-refractivity contribution in [2.45, 2.75) is 123 Å². The molecule has 0 nitrogen and oxygen atoms in total. The van der Waals surface area contributed by atoms with Gasteiger partial charge in [-0.25, -0.2) is 0 Å². The molecule has 0 heterocycles.